The molecule has 0 heterocycles. The molecule has 0 spiro atoms. The quantitative estimate of drug-likeness (QED) is 0.515. The second-order valence-electron chi connectivity index (χ2n) is 4.28. The van der Waals surface area contributed by atoms with E-state index in [1.54, 1.807) is 0 Å². The highest BCUT2D eigenvalue weighted by Crippen LogP contribution is 2.29. The van der Waals surface area contributed by atoms with Crippen LogP contribution in [0.25, 0.3) is 12.2 Å². The van der Waals surface area contributed by atoms with Crippen molar-refractivity contribution in [3.05, 3.63) is 64.2 Å². The maximum absolute atomic E-state index is 13.5. The Balaban J connectivity index is 2.40. The number of phenols is 1. The van der Waals surface area contributed by atoms with E-state index in [-0.39, 0.29) is 5.56 Å². The fourth-order valence-corrected chi connectivity index (χ4v) is 1.70. The van der Waals surface area contributed by atoms with Crippen LogP contribution in [-0.4, -0.2) is 16.2 Å². The summed E-state index contributed by atoms with van der Waals surface area (Å²) in [6, 6.07) is 5.21. The highest BCUT2D eigenvalue weighted by atomic mass is 19.2. The van der Waals surface area contributed by atoms with Crippen molar-refractivity contribution < 1.29 is 32.6 Å². The summed E-state index contributed by atoms with van der Waals surface area (Å²) in [4.78, 5) is 10.7. The van der Waals surface area contributed by atoms with Crippen LogP contribution in [-0.2, 0) is 0 Å². The Kier molecular flexibility index (Phi) is 4.16. The predicted octanol–water partition coefficient (Wildman–Crippen LogP) is 3.82. The van der Waals surface area contributed by atoms with Gasteiger partial charge in [-0.15, -0.1) is 0 Å². The first-order chi connectivity index (χ1) is 10.3. The van der Waals surface area contributed by atoms with E-state index >= 15 is 0 Å². The number of rotatable bonds is 3. The maximum Gasteiger partial charge on any atom is 0.335 e. The minimum atomic E-state index is -1.89. The average Bonchev–Trinajstić information content (AvgIpc) is 2.51. The molecule has 2 N–H and O–H groups in total. The molecular formula is C15H8F4O3. The molecule has 0 amide bonds. The number of carboxylic acids is 1. The first-order valence-electron chi connectivity index (χ1n) is 5.89. The van der Waals surface area contributed by atoms with Crippen molar-refractivity contribution >= 4 is 18.1 Å². The largest absolute Gasteiger partial charge is 0.503 e. The number of carboxylic acid groups (broad SMARTS) is 1. The average molecular weight is 312 g/mol. The van der Waals surface area contributed by atoms with Crippen LogP contribution >= 0.6 is 0 Å². The molecule has 2 aromatic carbocycles. The van der Waals surface area contributed by atoms with Crippen LogP contribution in [0, 0.1) is 23.3 Å². The molecule has 0 bridgehead atoms. The molecule has 0 aliphatic heterocycles. The molecule has 22 heavy (non-hydrogen) atoms. The van der Waals surface area contributed by atoms with Crippen LogP contribution in [0.1, 0.15) is 21.5 Å². The molecule has 0 unspecified atom stereocenters. The van der Waals surface area contributed by atoms with Gasteiger partial charge >= 0.3 is 5.97 Å². The van der Waals surface area contributed by atoms with E-state index in [4.69, 9.17) is 10.2 Å². The Labute approximate surface area is 121 Å². The van der Waals surface area contributed by atoms with E-state index in [1.807, 2.05) is 0 Å². The van der Waals surface area contributed by atoms with Crippen LogP contribution in [0.2, 0.25) is 0 Å². The Morgan fingerprint density at radius 2 is 1.36 bits per heavy atom. The van der Waals surface area contributed by atoms with Crippen LogP contribution in [0.3, 0.4) is 0 Å². The van der Waals surface area contributed by atoms with E-state index in [2.05, 4.69) is 0 Å². The predicted molar refractivity (Wildman–Crippen MR) is 70.3 cm³/mol. The molecule has 2 aromatic rings. The first-order valence-corrected chi connectivity index (χ1v) is 5.89. The van der Waals surface area contributed by atoms with Crippen molar-refractivity contribution in [3.8, 4) is 5.75 Å². The standard InChI is InChI=1S/C15H8F4O3/c16-10-9(11(17)13(19)14(20)12(10)18)6-3-7-1-4-8(5-2-7)15(21)22/h1-6,20H,(H,21,22)/b6-3+. The van der Waals surface area contributed by atoms with Crippen molar-refractivity contribution in [2.75, 3.05) is 0 Å². The molecule has 0 aliphatic carbocycles. The summed E-state index contributed by atoms with van der Waals surface area (Å²) >= 11 is 0. The zero-order chi connectivity index (χ0) is 16.4. The SMILES string of the molecule is O=C(O)c1ccc(/C=C/c2c(F)c(F)c(O)c(F)c2F)cc1. The van der Waals surface area contributed by atoms with Gasteiger partial charge < -0.3 is 10.2 Å². The summed E-state index contributed by atoms with van der Waals surface area (Å²) in [5, 5.41) is 17.6. The molecule has 2 rings (SSSR count). The first kappa shape index (κ1) is 15.6. The van der Waals surface area contributed by atoms with E-state index in [9.17, 15) is 22.4 Å². The molecule has 0 saturated heterocycles. The number of carbonyl (C=O) groups is 1. The van der Waals surface area contributed by atoms with Crippen molar-refractivity contribution in [1.82, 2.24) is 0 Å². The van der Waals surface area contributed by atoms with Gasteiger partial charge in [0.25, 0.3) is 0 Å². The lowest BCUT2D eigenvalue weighted by molar-refractivity contribution is 0.0697. The van der Waals surface area contributed by atoms with E-state index in [1.165, 1.54) is 24.3 Å². The van der Waals surface area contributed by atoms with Gasteiger partial charge in [-0.3, -0.25) is 0 Å². The summed E-state index contributed by atoms with van der Waals surface area (Å²) in [6.45, 7) is 0. The minimum absolute atomic E-state index is 0.0104. The fraction of sp³-hybridized carbons (Fsp3) is 0. The number of benzene rings is 2. The van der Waals surface area contributed by atoms with E-state index in [0.717, 1.165) is 12.2 Å². The van der Waals surface area contributed by atoms with Gasteiger partial charge in [0, 0.05) is 0 Å². The van der Waals surface area contributed by atoms with Gasteiger partial charge in [-0.05, 0) is 23.8 Å². The molecule has 0 saturated carbocycles. The van der Waals surface area contributed by atoms with Gasteiger partial charge in [-0.1, -0.05) is 18.2 Å². The lowest BCUT2D eigenvalue weighted by Crippen LogP contribution is -1.99. The third-order valence-electron chi connectivity index (χ3n) is 2.87. The molecule has 0 aliphatic rings. The summed E-state index contributed by atoms with van der Waals surface area (Å²) in [6.07, 6.45) is 1.93. The molecule has 0 radical (unpaired) electrons. The number of hydrogen-bond acceptors (Lipinski definition) is 2. The third-order valence-corrected chi connectivity index (χ3v) is 2.87. The van der Waals surface area contributed by atoms with Crippen LogP contribution in [0.5, 0.6) is 5.75 Å². The Morgan fingerprint density at radius 3 is 1.82 bits per heavy atom. The molecular weight excluding hydrogens is 304 g/mol. The fourth-order valence-electron chi connectivity index (χ4n) is 1.70. The number of aromatic hydroxyl groups is 1. The molecule has 114 valence electrons. The normalized spacial score (nSPS) is 11.1. The molecule has 0 atom stereocenters. The summed E-state index contributed by atoms with van der Waals surface area (Å²) < 4.78 is 53.3. The molecule has 0 fully saturated rings. The number of hydrogen-bond donors (Lipinski definition) is 2. The molecule has 0 aromatic heterocycles. The van der Waals surface area contributed by atoms with Crippen molar-refractivity contribution in [3.63, 3.8) is 0 Å². The number of aromatic carboxylic acids is 1. The van der Waals surface area contributed by atoms with Gasteiger partial charge in [0.2, 0.25) is 11.6 Å². The number of halogens is 4. The highest BCUT2D eigenvalue weighted by Gasteiger charge is 2.23. The Morgan fingerprint density at radius 1 is 0.864 bits per heavy atom. The van der Waals surface area contributed by atoms with Gasteiger partial charge in [0.15, 0.2) is 17.4 Å². The lowest BCUT2D eigenvalue weighted by Gasteiger charge is -2.05. The van der Waals surface area contributed by atoms with Crippen molar-refractivity contribution in [1.29, 1.82) is 0 Å². The topological polar surface area (TPSA) is 57.5 Å². The minimum Gasteiger partial charge on any atom is -0.503 e. The summed E-state index contributed by atoms with van der Waals surface area (Å²) in [5.74, 6) is -10.1. The van der Waals surface area contributed by atoms with Crippen molar-refractivity contribution in [2.24, 2.45) is 0 Å². The van der Waals surface area contributed by atoms with Gasteiger partial charge in [0.1, 0.15) is 0 Å². The van der Waals surface area contributed by atoms with E-state index < -0.39 is 40.6 Å². The van der Waals surface area contributed by atoms with Crippen molar-refractivity contribution in [2.45, 2.75) is 0 Å². The molecule has 7 heteroatoms. The molecule has 3 nitrogen and oxygen atoms in total. The van der Waals surface area contributed by atoms with Crippen LogP contribution in [0.4, 0.5) is 17.6 Å². The Bertz CT molecular complexity index is 738. The maximum atomic E-state index is 13.5. The van der Waals surface area contributed by atoms with E-state index in [0.29, 0.717) is 5.56 Å². The zero-order valence-electron chi connectivity index (χ0n) is 10.8. The van der Waals surface area contributed by atoms with Crippen LogP contribution < -0.4 is 0 Å². The highest BCUT2D eigenvalue weighted by molar-refractivity contribution is 5.88. The third kappa shape index (κ3) is 2.78. The lowest BCUT2D eigenvalue weighted by atomic mass is 10.1. The Hall–Kier alpha value is -2.83. The van der Waals surface area contributed by atoms with Gasteiger partial charge in [-0.25, -0.2) is 13.6 Å². The monoisotopic (exact) mass is 312 g/mol. The van der Waals surface area contributed by atoms with Gasteiger partial charge in [-0.2, -0.15) is 8.78 Å². The second-order valence-corrected chi connectivity index (χ2v) is 4.28. The van der Waals surface area contributed by atoms with Crippen LogP contribution in [0.15, 0.2) is 24.3 Å². The summed E-state index contributed by atoms with van der Waals surface area (Å²) in [5.41, 5.74) is -0.621. The summed E-state index contributed by atoms with van der Waals surface area (Å²) in [7, 11) is 0. The van der Waals surface area contributed by atoms with Gasteiger partial charge in [0.05, 0.1) is 11.1 Å². The smallest absolute Gasteiger partial charge is 0.335 e. The number of phenolic OH excluding ortho intramolecular Hbond substituents is 1. The zero-order valence-corrected chi connectivity index (χ0v) is 10.8. The second kappa shape index (κ2) is 5.88.